The Hall–Kier alpha value is -1.35. The average molecular weight is 233 g/mol. The van der Waals surface area contributed by atoms with E-state index in [0.717, 1.165) is 30.6 Å². The monoisotopic (exact) mass is 233 g/mol. The molecule has 1 atom stereocenters. The average Bonchev–Trinajstić information content (AvgIpc) is 2.38. The number of β-amino-alcohol motifs (C(OH)–C–C–N with tert-alkyl or cyclic N) is 1. The molecule has 17 heavy (non-hydrogen) atoms. The summed E-state index contributed by atoms with van der Waals surface area (Å²) >= 11 is 0. The number of benzene rings is 1. The summed E-state index contributed by atoms with van der Waals surface area (Å²) in [6.07, 6.45) is 2.24. The lowest BCUT2D eigenvalue weighted by Crippen LogP contribution is -2.38. The molecule has 1 aromatic carbocycles. The van der Waals surface area contributed by atoms with Gasteiger partial charge in [-0.05, 0) is 37.1 Å². The van der Waals surface area contributed by atoms with Crippen LogP contribution in [-0.2, 0) is 0 Å². The summed E-state index contributed by atoms with van der Waals surface area (Å²) in [5.41, 5.74) is 1.87. The first kappa shape index (κ1) is 12.1. The molecule has 3 nitrogen and oxygen atoms in total. The van der Waals surface area contributed by atoms with Crippen LogP contribution in [0.3, 0.4) is 0 Å². The van der Waals surface area contributed by atoms with Crippen LogP contribution in [0.15, 0.2) is 24.3 Å². The molecule has 0 spiro atoms. The van der Waals surface area contributed by atoms with Crippen LogP contribution in [0.25, 0.3) is 0 Å². The molecular weight excluding hydrogens is 214 g/mol. The van der Waals surface area contributed by atoms with Gasteiger partial charge in [-0.15, -0.1) is 0 Å². The van der Waals surface area contributed by atoms with Gasteiger partial charge >= 0.3 is 0 Å². The molecule has 1 heterocycles. The number of carbonyl (C=O) groups is 1. The first-order valence-electron chi connectivity index (χ1n) is 6.27. The second-order valence-electron chi connectivity index (χ2n) is 4.57. The molecule has 1 fully saturated rings. The SMILES string of the molecule is CCC(=O)c1ccc(N2CCCC(O)C2)cc1. The molecule has 0 bridgehead atoms. The lowest BCUT2D eigenvalue weighted by atomic mass is 10.1. The summed E-state index contributed by atoms with van der Waals surface area (Å²) < 4.78 is 0. The summed E-state index contributed by atoms with van der Waals surface area (Å²) in [6, 6.07) is 7.70. The third-order valence-corrected chi connectivity index (χ3v) is 3.27. The molecule has 1 aliphatic rings. The maximum atomic E-state index is 11.5. The molecule has 1 N–H and O–H groups in total. The first-order valence-corrected chi connectivity index (χ1v) is 6.27. The molecule has 2 rings (SSSR count). The van der Waals surface area contributed by atoms with Crippen LogP contribution in [0.5, 0.6) is 0 Å². The Labute approximate surface area is 102 Å². The van der Waals surface area contributed by atoms with E-state index in [1.807, 2.05) is 31.2 Å². The van der Waals surface area contributed by atoms with E-state index in [9.17, 15) is 9.90 Å². The van der Waals surface area contributed by atoms with E-state index in [1.54, 1.807) is 0 Å². The topological polar surface area (TPSA) is 40.5 Å². The lowest BCUT2D eigenvalue weighted by molar-refractivity contribution is 0.0988. The third kappa shape index (κ3) is 2.86. The molecule has 3 heteroatoms. The number of aliphatic hydroxyl groups is 1. The minimum atomic E-state index is -0.222. The van der Waals surface area contributed by atoms with Crippen LogP contribution in [0.4, 0.5) is 5.69 Å². The number of hydrogen-bond donors (Lipinski definition) is 1. The standard InChI is InChI=1S/C14H19NO2/c1-2-14(17)11-5-7-12(8-6-11)15-9-3-4-13(16)10-15/h5-8,13,16H,2-4,9-10H2,1H3. The molecule has 0 amide bonds. The Morgan fingerprint density at radius 3 is 2.71 bits per heavy atom. The summed E-state index contributed by atoms with van der Waals surface area (Å²) in [7, 11) is 0. The number of hydrogen-bond acceptors (Lipinski definition) is 3. The van der Waals surface area contributed by atoms with E-state index in [1.165, 1.54) is 0 Å². The second-order valence-corrected chi connectivity index (χ2v) is 4.57. The fourth-order valence-corrected chi connectivity index (χ4v) is 2.25. The third-order valence-electron chi connectivity index (χ3n) is 3.27. The highest BCUT2D eigenvalue weighted by Gasteiger charge is 2.17. The Bertz CT molecular complexity index is 386. The quantitative estimate of drug-likeness (QED) is 0.814. The van der Waals surface area contributed by atoms with E-state index < -0.39 is 0 Å². The largest absolute Gasteiger partial charge is 0.391 e. The van der Waals surface area contributed by atoms with Gasteiger partial charge in [0.1, 0.15) is 0 Å². The minimum Gasteiger partial charge on any atom is -0.391 e. The predicted octanol–water partition coefficient (Wildman–Crippen LogP) is 2.24. The van der Waals surface area contributed by atoms with Crippen molar-refractivity contribution in [3.8, 4) is 0 Å². The maximum absolute atomic E-state index is 11.5. The Balaban J connectivity index is 2.09. The Kier molecular flexibility index (Phi) is 3.79. The number of anilines is 1. The highest BCUT2D eigenvalue weighted by molar-refractivity contribution is 5.96. The van der Waals surface area contributed by atoms with Gasteiger partial charge in [0.25, 0.3) is 0 Å². The summed E-state index contributed by atoms with van der Waals surface area (Å²) in [5, 5.41) is 9.63. The van der Waals surface area contributed by atoms with Crippen LogP contribution in [0.2, 0.25) is 0 Å². The van der Waals surface area contributed by atoms with E-state index in [4.69, 9.17) is 0 Å². The summed E-state index contributed by atoms with van der Waals surface area (Å²) in [5.74, 6) is 0.176. The number of aliphatic hydroxyl groups excluding tert-OH is 1. The predicted molar refractivity (Wildman–Crippen MR) is 68.5 cm³/mol. The zero-order valence-corrected chi connectivity index (χ0v) is 10.2. The summed E-state index contributed by atoms with van der Waals surface area (Å²) in [6.45, 7) is 3.55. The highest BCUT2D eigenvalue weighted by atomic mass is 16.3. The van der Waals surface area contributed by atoms with Gasteiger partial charge in [0, 0.05) is 30.8 Å². The van der Waals surface area contributed by atoms with Crippen molar-refractivity contribution < 1.29 is 9.90 Å². The van der Waals surface area contributed by atoms with Crippen LogP contribution in [-0.4, -0.2) is 30.1 Å². The maximum Gasteiger partial charge on any atom is 0.162 e. The van der Waals surface area contributed by atoms with E-state index >= 15 is 0 Å². The van der Waals surface area contributed by atoms with Gasteiger partial charge in [-0.25, -0.2) is 0 Å². The van der Waals surface area contributed by atoms with Crippen molar-refractivity contribution in [2.24, 2.45) is 0 Å². The van der Waals surface area contributed by atoms with E-state index in [2.05, 4.69) is 4.90 Å². The number of piperidine rings is 1. The van der Waals surface area contributed by atoms with Crippen molar-refractivity contribution >= 4 is 11.5 Å². The molecule has 1 aromatic rings. The van der Waals surface area contributed by atoms with Gasteiger partial charge in [0.2, 0.25) is 0 Å². The van der Waals surface area contributed by atoms with Gasteiger partial charge in [-0.2, -0.15) is 0 Å². The second kappa shape index (κ2) is 5.32. The number of ketones is 1. The number of carbonyl (C=O) groups excluding carboxylic acids is 1. The molecule has 0 saturated carbocycles. The van der Waals surface area contributed by atoms with E-state index in [-0.39, 0.29) is 11.9 Å². The highest BCUT2D eigenvalue weighted by Crippen LogP contribution is 2.20. The molecule has 0 radical (unpaired) electrons. The molecule has 1 aliphatic heterocycles. The minimum absolute atomic E-state index is 0.176. The van der Waals surface area contributed by atoms with Gasteiger partial charge in [0.05, 0.1) is 6.10 Å². The first-order chi connectivity index (χ1) is 8.20. The van der Waals surface area contributed by atoms with Gasteiger partial charge < -0.3 is 10.0 Å². The normalized spacial score (nSPS) is 20.4. The smallest absolute Gasteiger partial charge is 0.162 e. The number of nitrogens with zero attached hydrogens (tertiary/aromatic N) is 1. The van der Waals surface area contributed by atoms with Gasteiger partial charge in [0.15, 0.2) is 5.78 Å². The molecule has 0 aliphatic carbocycles. The molecule has 0 aromatic heterocycles. The molecule has 92 valence electrons. The van der Waals surface area contributed by atoms with E-state index in [0.29, 0.717) is 13.0 Å². The van der Waals surface area contributed by atoms with Crippen molar-refractivity contribution in [1.82, 2.24) is 0 Å². The molecule has 1 unspecified atom stereocenters. The number of rotatable bonds is 3. The van der Waals surface area contributed by atoms with Crippen LogP contribution in [0, 0.1) is 0 Å². The lowest BCUT2D eigenvalue weighted by Gasteiger charge is -2.32. The van der Waals surface area contributed by atoms with Crippen molar-refractivity contribution in [1.29, 1.82) is 0 Å². The van der Waals surface area contributed by atoms with Crippen LogP contribution >= 0.6 is 0 Å². The van der Waals surface area contributed by atoms with Crippen molar-refractivity contribution in [2.45, 2.75) is 32.3 Å². The zero-order valence-electron chi connectivity index (χ0n) is 10.2. The van der Waals surface area contributed by atoms with Crippen molar-refractivity contribution in [3.05, 3.63) is 29.8 Å². The van der Waals surface area contributed by atoms with Crippen LogP contribution in [0.1, 0.15) is 36.5 Å². The summed E-state index contributed by atoms with van der Waals surface area (Å²) in [4.78, 5) is 13.7. The van der Waals surface area contributed by atoms with Gasteiger partial charge in [-0.3, -0.25) is 4.79 Å². The Morgan fingerprint density at radius 1 is 1.41 bits per heavy atom. The molecule has 1 saturated heterocycles. The fraction of sp³-hybridized carbons (Fsp3) is 0.500. The zero-order chi connectivity index (χ0) is 12.3. The number of Topliss-reactive ketones (excluding diaryl/α,β-unsaturated/α-hetero) is 1. The fourth-order valence-electron chi connectivity index (χ4n) is 2.25. The van der Waals surface area contributed by atoms with Gasteiger partial charge in [-0.1, -0.05) is 6.92 Å². The van der Waals surface area contributed by atoms with Crippen molar-refractivity contribution in [2.75, 3.05) is 18.0 Å². The van der Waals surface area contributed by atoms with Crippen molar-refractivity contribution in [3.63, 3.8) is 0 Å². The molecular formula is C14H19NO2. The Morgan fingerprint density at radius 2 is 2.12 bits per heavy atom. The van der Waals surface area contributed by atoms with Crippen LogP contribution < -0.4 is 4.90 Å².